The van der Waals surface area contributed by atoms with Crippen molar-refractivity contribution in [3.63, 3.8) is 0 Å². The molecule has 2 fully saturated rings. The van der Waals surface area contributed by atoms with Crippen molar-refractivity contribution in [3.05, 3.63) is 100 Å². The van der Waals surface area contributed by atoms with Gasteiger partial charge in [-0.15, -0.1) is 6.42 Å². The third-order valence-electron chi connectivity index (χ3n) is 10.8. The molecule has 2 aliphatic rings. The van der Waals surface area contributed by atoms with E-state index in [0.717, 1.165) is 82.7 Å². The average Bonchev–Trinajstić information content (AvgIpc) is 3.82. The van der Waals surface area contributed by atoms with Gasteiger partial charge in [-0.3, -0.25) is 19.2 Å². The first-order chi connectivity index (χ1) is 24.9. The number of aromatic nitrogens is 4. The highest BCUT2D eigenvalue weighted by molar-refractivity contribution is 5.91. The van der Waals surface area contributed by atoms with Crippen LogP contribution in [0, 0.1) is 32.1 Å². The minimum Gasteiger partial charge on any atom is -0.436 e. The van der Waals surface area contributed by atoms with Crippen molar-refractivity contribution in [2.75, 3.05) is 18.4 Å². The molecular weight excluding hydrogens is 637 g/mol. The Hall–Kier alpha value is -5.30. The Labute approximate surface area is 297 Å². The van der Waals surface area contributed by atoms with E-state index in [1.165, 1.54) is 18.4 Å². The van der Waals surface area contributed by atoms with E-state index in [0.29, 0.717) is 24.3 Å². The lowest BCUT2D eigenvalue weighted by Gasteiger charge is -2.30. The van der Waals surface area contributed by atoms with Gasteiger partial charge in [0.15, 0.2) is 16.9 Å². The minimum atomic E-state index is -0.402. The lowest BCUT2D eigenvalue weighted by molar-refractivity contribution is 0.0994. The Morgan fingerprint density at radius 3 is 2.49 bits per heavy atom. The van der Waals surface area contributed by atoms with E-state index in [2.05, 4.69) is 59.2 Å². The van der Waals surface area contributed by atoms with Gasteiger partial charge in [0.1, 0.15) is 11.6 Å². The van der Waals surface area contributed by atoms with Crippen LogP contribution in [0.4, 0.5) is 11.5 Å². The number of terminal acetylenes is 1. The molecule has 0 radical (unpaired) electrons. The summed E-state index contributed by atoms with van der Waals surface area (Å²) < 4.78 is 7.82. The number of pyridine rings is 3. The molecule has 1 atom stereocenters. The monoisotopic (exact) mass is 678 g/mol. The molecule has 1 aliphatic heterocycles. The molecule has 1 saturated carbocycles. The minimum absolute atomic E-state index is 0.123. The molecule has 1 saturated heterocycles. The van der Waals surface area contributed by atoms with Gasteiger partial charge < -0.3 is 14.8 Å². The van der Waals surface area contributed by atoms with E-state index in [4.69, 9.17) is 20.8 Å². The third kappa shape index (κ3) is 6.30. The van der Waals surface area contributed by atoms with Gasteiger partial charge in [0.25, 0.3) is 5.56 Å². The van der Waals surface area contributed by atoms with Crippen LogP contribution in [0.25, 0.3) is 44.6 Å². The van der Waals surface area contributed by atoms with Gasteiger partial charge in [0.05, 0.1) is 6.10 Å². The Balaban J connectivity index is 1.09. The second-order valence-corrected chi connectivity index (χ2v) is 14.1. The predicted molar refractivity (Wildman–Crippen MR) is 202 cm³/mol. The Kier molecular flexibility index (Phi) is 8.89. The van der Waals surface area contributed by atoms with Crippen LogP contribution < -0.4 is 10.9 Å². The summed E-state index contributed by atoms with van der Waals surface area (Å²) in [6.07, 6.45) is 16.7. The molecule has 2 N–H and O–H groups in total. The number of aliphatic hydroxyl groups excluding tert-OH is 1. The number of aliphatic hydroxyl groups is 1. The number of fused-ring (bicyclic) bond motifs is 2. The van der Waals surface area contributed by atoms with E-state index < -0.39 is 6.04 Å². The number of nitrogens with zero attached hydrogens (tertiary/aromatic N) is 5. The van der Waals surface area contributed by atoms with Gasteiger partial charge in [0.2, 0.25) is 5.89 Å². The summed E-state index contributed by atoms with van der Waals surface area (Å²) in [5, 5.41) is 14.6. The SMILES string of the molecule is C#CC([C@H]1CC[C@H](O)CC1)n1ccc2oc(-c3cccc(-c4cccc(Nc5nccc6cc(CN7CCCC7)cnc56)c4C)c3C)nc2c1=O. The van der Waals surface area contributed by atoms with Gasteiger partial charge >= 0.3 is 0 Å². The predicted octanol–water partition coefficient (Wildman–Crippen LogP) is 7.95. The zero-order valence-corrected chi connectivity index (χ0v) is 29.1. The first-order valence-corrected chi connectivity index (χ1v) is 18.0. The molecule has 8 rings (SSSR count). The van der Waals surface area contributed by atoms with Gasteiger partial charge in [-0.1, -0.05) is 30.2 Å². The maximum absolute atomic E-state index is 13.7. The Bertz CT molecular complexity index is 2340. The van der Waals surface area contributed by atoms with Crippen LogP contribution in [0.2, 0.25) is 0 Å². The Morgan fingerprint density at radius 2 is 1.71 bits per heavy atom. The lowest BCUT2D eigenvalue weighted by atomic mass is 9.82. The molecule has 0 spiro atoms. The molecule has 1 unspecified atom stereocenters. The smallest absolute Gasteiger partial charge is 0.281 e. The third-order valence-corrected chi connectivity index (χ3v) is 10.8. The summed E-state index contributed by atoms with van der Waals surface area (Å²) in [6, 6.07) is 17.9. The molecule has 1 aliphatic carbocycles. The number of hydrogen-bond acceptors (Lipinski definition) is 8. The fraction of sp³-hybridized carbons (Fsp3) is 0.333. The van der Waals surface area contributed by atoms with E-state index in [9.17, 15) is 9.90 Å². The second-order valence-electron chi connectivity index (χ2n) is 14.1. The standard InChI is InChI=1S/C42H42N6O3/c1-4-36(29-13-15-31(49)16-14-29)48-22-18-37-39(42(48)50)46-41(51-37)34-11-7-9-32(26(34)2)33-10-8-12-35(27(33)3)45-40-38-30(17-19-43-40)23-28(24-44-38)25-47-20-5-6-21-47/h1,7-12,17-19,22-24,29,31,36,49H,5-6,13-16,20-21,25H2,2-3H3,(H,43,45)/t29-,31-,36?. The van der Waals surface area contributed by atoms with E-state index in [1.807, 2.05) is 36.7 Å². The van der Waals surface area contributed by atoms with Crippen LogP contribution in [0.3, 0.4) is 0 Å². The van der Waals surface area contributed by atoms with Crippen LogP contribution >= 0.6 is 0 Å². The highest BCUT2D eigenvalue weighted by atomic mass is 16.3. The largest absolute Gasteiger partial charge is 0.436 e. The summed E-state index contributed by atoms with van der Waals surface area (Å²) in [6.45, 7) is 7.38. The summed E-state index contributed by atoms with van der Waals surface area (Å²) >= 11 is 0. The number of hydrogen-bond donors (Lipinski definition) is 2. The molecule has 9 heteroatoms. The zero-order chi connectivity index (χ0) is 35.1. The highest BCUT2D eigenvalue weighted by Gasteiger charge is 2.28. The molecule has 9 nitrogen and oxygen atoms in total. The molecular formula is C42H42N6O3. The number of anilines is 2. The summed E-state index contributed by atoms with van der Waals surface area (Å²) in [7, 11) is 0. The maximum Gasteiger partial charge on any atom is 0.281 e. The fourth-order valence-corrected chi connectivity index (χ4v) is 7.96. The zero-order valence-electron chi connectivity index (χ0n) is 29.1. The topological polar surface area (TPSA) is 109 Å². The first kappa shape index (κ1) is 32.9. The van der Waals surface area contributed by atoms with Crippen molar-refractivity contribution in [2.45, 2.75) is 71.1 Å². The molecule has 5 heterocycles. The quantitative estimate of drug-likeness (QED) is 0.156. The number of benzene rings is 2. The van der Waals surface area contributed by atoms with E-state index >= 15 is 0 Å². The van der Waals surface area contributed by atoms with Gasteiger partial charge in [-0.2, -0.15) is 0 Å². The van der Waals surface area contributed by atoms with Crippen molar-refractivity contribution in [2.24, 2.45) is 5.92 Å². The molecule has 0 bridgehead atoms. The van der Waals surface area contributed by atoms with Gasteiger partial charge in [-0.05, 0) is 130 Å². The van der Waals surface area contributed by atoms with Crippen molar-refractivity contribution in [1.29, 1.82) is 0 Å². The first-order valence-electron chi connectivity index (χ1n) is 18.0. The van der Waals surface area contributed by atoms with Crippen molar-refractivity contribution in [1.82, 2.24) is 24.4 Å². The number of likely N-dealkylation sites (tertiary alicyclic amines) is 1. The number of nitrogens with one attached hydrogen (secondary N) is 1. The summed E-state index contributed by atoms with van der Waals surface area (Å²) in [5.74, 6) is 4.07. The highest BCUT2D eigenvalue weighted by Crippen LogP contribution is 2.38. The van der Waals surface area contributed by atoms with Crippen molar-refractivity contribution >= 4 is 33.5 Å². The van der Waals surface area contributed by atoms with Gasteiger partial charge in [0, 0.05) is 41.8 Å². The second kappa shape index (κ2) is 13.8. The molecule has 0 amide bonds. The van der Waals surface area contributed by atoms with Crippen LogP contribution in [0.15, 0.2) is 82.4 Å². The molecule has 6 aromatic rings. The maximum atomic E-state index is 13.7. The van der Waals surface area contributed by atoms with E-state index in [-0.39, 0.29) is 23.1 Å². The van der Waals surface area contributed by atoms with E-state index in [1.54, 1.807) is 16.8 Å². The van der Waals surface area contributed by atoms with Crippen LogP contribution in [0.5, 0.6) is 0 Å². The fourth-order valence-electron chi connectivity index (χ4n) is 7.96. The van der Waals surface area contributed by atoms with Crippen LogP contribution in [0.1, 0.15) is 61.3 Å². The van der Waals surface area contributed by atoms with Gasteiger partial charge in [-0.25, -0.2) is 9.97 Å². The summed E-state index contributed by atoms with van der Waals surface area (Å²) in [4.78, 5) is 30.5. The summed E-state index contributed by atoms with van der Waals surface area (Å²) in [5.41, 5.74) is 8.39. The molecule has 258 valence electrons. The number of rotatable bonds is 8. The van der Waals surface area contributed by atoms with Crippen LogP contribution in [-0.2, 0) is 6.54 Å². The lowest BCUT2D eigenvalue weighted by Crippen LogP contribution is -2.31. The molecule has 51 heavy (non-hydrogen) atoms. The Morgan fingerprint density at radius 1 is 0.961 bits per heavy atom. The number of oxazole rings is 1. The van der Waals surface area contributed by atoms with Crippen molar-refractivity contribution < 1.29 is 9.52 Å². The molecule has 4 aromatic heterocycles. The van der Waals surface area contributed by atoms with Crippen molar-refractivity contribution in [3.8, 4) is 34.9 Å². The average molecular weight is 679 g/mol. The molecule has 2 aromatic carbocycles. The van der Waals surface area contributed by atoms with Crippen LogP contribution in [-0.4, -0.2) is 48.7 Å². The normalized spacial score (nSPS) is 18.6.